The Labute approximate surface area is 101 Å². The highest BCUT2D eigenvalue weighted by Gasteiger charge is 2.18. The maximum absolute atomic E-state index is 10.8. The van der Waals surface area contributed by atoms with Crippen LogP contribution in [0.4, 0.5) is 5.69 Å². The molecule has 2 N–H and O–H groups in total. The molecule has 1 fully saturated rings. The lowest BCUT2D eigenvalue weighted by molar-refractivity contribution is 0.0697. The van der Waals surface area contributed by atoms with Crippen LogP contribution in [0, 0.1) is 5.92 Å². The highest BCUT2D eigenvalue weighted by molar-refractivity contribution is 5.88. The molecule has 0 bridgehead atoms. The SMILES string of the molecule is CN1CCC(CNc2cccc(C(=O)O)c2)C1. The van der Waals surface area contributed by atoms with Crippen LogP contribution in [0.15, 0.2) is 24.3 Å². The fourth-order valence-electron chi connectivity index (χ4n) is 2.22. The van der Waals surface area contributed by atoms with E-state index in [1.807, 2.05) is 6.07 Å². The Hall–Kier alpha value is -1.55. The van der Waals surface area contributed by atoms with Crippen molar-refractivity contribution in [1.29, 1.82) is 0 Å². The van der Waals surface area contributed by atoms with E-state index in [-0.39, 0.29) is 0 Å². The van der Waals surface area contributed by atoms with Gasteiger partial charge < -0.3 is 15.3 Å². The van der Waals surface area contributed by atoms with Gasteiger partial charge in [0, 0.05) is 18.8 Å². The predicted octanol–water partition coefficient (Wildman–Crippen LogP) is 1.75. The van der Waals surface area contributed by atoms with Crippen molar-refractivity contribution in [1.82, 2.24) is 4.90 Å². The van der Waals surface area contributed by atoms with Crippen molar-refractivity contribution >= 4 is 11.7 Å². The van der Waals surface area contributed by atoms with E-state index in [1.165, 1.54) is 6.42 Å². The molecule has 1 unspecified atom stereocenters. The van der Waals surface area contributed by atoms with Crippen molar-refractivity contribution in [2.24, 2.45) is 5.92 Å². The van der Waals surface area contributed by atoms with Gasteiger partial charge in [-0.3, -0.25) is 0 Å². The Morgan fingerprint density at radius 1 is 1.59 bits per heavy atom. The predicted molar refractivity (Wildman–Crippen MR) is 67.5 cm³/mol. The number of carboxylic acids is 1. The molecule has 1 saturated heterocycles. The molecular weight excluding hydrogens is 216 g/mol. The Kier molecular flexibility index (Phi) is 3.64. The minimum atomic E-state index is -0.880. The Bertz CT molecular complexity index is 406. The molecule has 4 nitrogen and oxygen atoms in total. The van der Waals surface area contributed by atoms with Gasteiger partial charge >= 0.3 is 5.97 Å². The molecular formula is C13H18N2O2. The van der Waals surface area contributed by atoms with E-state index in [2.05, 4.69) is 17.3 Å². The number of anilines is 1. The molecule has 0 aliphatic carbocycles. The van der Waals surface area contributed by atoms with Gasteiger partial charge in [-0.25, -0.2) is 4.79 Å². The first-order valence-electron chi connectivity index (χ1n) is 5.91. The van der Waals surface area contributed by atoms with Crippen LogP contribution < -0.4 is 5.32 Å². The summed E-state index contributed by atoms with van der Waals surface area (Å²) < 4.78 is 0. The maximum Gasteiger partial charge on any atom is 0.335 e. The lowest BCUT2D eigenvalue weighted by atomic mass is 10.1. The lowest BCUT2D eigenvalue weighted by Gasteiger charge is -2.12. The molecule has 17 heavy (non-hydrogen) atoms. The highest BCUT2D eigenvalue weighted by atomic mass is 16.4. The van der Waals surface area contributed by atoms with Gasteiger partial charge in [0.2, 0.25) is 0 Å². The van der Waals surface area contributed by atoms with Crippen molar-refractivity contribution in [3.05, 3.63) is 29.8 Å². The van der Waals surface area contributed by atoms with Crippen LogP contribution >= 0.6 is 0 Å². The van der Waals surface area contributed by atoms with Crippen molar-refractivity contribution in [2.45, 2.75) is 6.42 Å². The van der Waals surface area contributed by atoms with Crippen molar-refractivity contribution in [3.8, 4) is 0 Å². The topological polar surface area (TPSA) is 52.6 Å². The number of carboxylic acid groups (broad SMARTS) is 1. The largest absolute Gasteiger partial charge is 0.478 e. The van der Waals surface area contributed by atoms with E-state index in [0.717, 1.165) is 25.3 Å². The molecule has 1 heterocycles. The van der Waals surface area contributed by atoms with Crippen LogP contribution in [0.5, 0.6) is 0 Å². The van der Waals surface area contributed by atoms with E-state index in [4.69, 9.17) is 5.11 Å². The molecule has 0 amide bonds. The average molecular weight is 234 g/mol. The first kappa shape index (κ1) is 11.9. The van der Waals surface area contributed by atoms with Gasteiger partial charge in [-0.15, -0.1) is 0 Å². The first-order valence-corrected chi connectivity index (χ1v) is 5.91. The van der Waals surface area contributed by atoms with Crippen LogP contribution in [0.25, 0.3) is 0 Å². The standard InChI is InChI=1S/C13H18N2O2/c1-15-6-5-10(9-15)8-14-12-4-2-3-11(7-12)13(16)17/h2-4,7,10,14H,5-6,8-9H2,1H3,(H,16,17). The fraction of sp³-hybridized carbons (Fsp3) is 0.462. The highest BCUT2D eigenvalue weighted by Crippen LogP contribution is 2.16. The molecule has 92 valence electrons. The summed E-state index contributed by atoms with van der Waals surface area (Å²) in [4.78, 5) is 13.1. The van der Waals surface area contributed by atoms with E-state index in [0.29, 0.717) is 11.5 Å². The van der Waals surface area contributed by atoms with E-state index < -0.39 is 5.97 Å². The minimum Gasteiger partial charge on any atom is -0.478 e. The molecule has 1 aliphatic rings. The van der Waals surface area contributed by atoms with E-state index >= 15 is 0 Å². The van der Waals surface area contributed by atoms with E-state index in [1.54, 1.807) is 18.2 Å². The normalized spacial score (nSPS) is 20.4. The number of nitrogens with one attached hydrogen (secondary N) is 1. The number of aromatic carboxylic acids is 1. The number of nitrogens with zero attached hydrogens (tertiary/aromatic N) is 1. The first-order chi connectivity index (χ1) is 8.15. The van der Waals surface area contributed by atoms with Gasteiger partial charge in [0.15, 0.2) is 0 Å². The van der Waals surface area contributed by atoms with Crippen LogP contribution in [-0.2, 0) is 0 Å². The zero-order chi connectivity index (χ0) is 12.3. The third-order valence-electron chi connectivity index (χ3n) is 3.19. The number of hydrogen-bond acceptors (Lipinski definition) is 3. The number of likely N-dealkylation sites (tertiary alicyclic amines) is 1. The van der Waals surface area contributed by atoms with Crippen molar-refractivity contribution in [2.75, 3.05) is 32.0 Å². The maximum atomic E-state index is 10.8. The second-order valence-corrected chi connectivity index (χ2v) is 4.68. The second-order valence-electron chi connectivity index (χ2n) is 4.68. The molecule has 0 radical (unpaired) electrons. The summed E-state index contributed by atoms with van der Waals surface area (Å²) in [6.45, 7) is 3.18. The summed E-state index contributed by atoms with van der Waals surface area (Å²) in [5.74, 6) is -0.220. The smallest absolute Gasteiger partial charge is 0.335 e. The molecule has 2 rings (SSSR count). The zero-order valence-electron chi connectivity index (χ0n) is 10.0. The van der Waals surface area contributed by atoms with Gasteiger partial charge in [-0.05, 0) is 44.1 Å². The summed E-state index contributed by atoms with van der Waals surface area (Å²) in [5.41, 5.74) is 1.22. The van der Waals surface area contributed by atoms with Crippen molar-refractivity contribution < 1.29 is 9.90 Å². The molecule has 1 atom stereocenters. The summed E-state index contributed by atoms with van der Waals surface area (Å²) >= 11 is 0. The molecule has 4 heteroatoms. The van der Waals surface area contributed by atoms with Gasteiger partial charge in [0.25, 0.3) is 0 Å². The summed E-state index contributed by atoms with van der Waals surface area (Å²) in [6, 6.07) is 6.97. The fourth-order valence-corrected chi connectivity index (χ4v) is 2.22. The van der Waals surface area contributed by atoms with Crippen LogP contribution in [0.1, 0.15) is 16.8 Å². The minimum absolute atomic E-state index is 0.332. The second kappa shape index (κ2) is 5.19. The Morgan fingerprint density at radius 3 is 3.06 bits per heavy atom. The summed E-state index contributed by atoms with van der Waals surface area (Å²) in [6.07, 6.45) is 1.21. The Balaban J connectivity index is 1.90. The Morgan fingerprint density at radius 2 is 2.41 bits per heavy atom. The van der Waals surface area contributed by atoms with Gasteiger partial charge in [0.05, 0.1) is 5.56 Å². The third kappa shape index (κ3) is 3.20. The number of hydrogen-bond donors (Lipinski definition) is 2. The van der Waals surface area contributed by atoms with Gasteiger partial charge in [-0.2, -0.15) is 0 Å². The van der Waals surface area contributed by atoms with Gasteiger partial charge in [0.1, 0.15) is 0 Å². The van der Waals surface area contributed by atoms with E-state index in [9.17, 15) is 4.79 Å². The monoisotopic (exact) mass is 234 g/mol. The average Bonchev–Trinajstić information content (AvgIpc) is 2.73. The number of rotatable bonds is 4. The molecule has 1 aromatic rings. The lowest BCUT2D eigenvalue weighted by Crippen LogP contribution is -2.19. The number of carbonyl (C=O) groups is 1. The summed E-state index contributed by atoms with van der Waals surface area (Å²) in [7, 11) is 2.13. The molecule has 0 spiro atoms. The molecule has 1 aromatic carbocycles. The van der Waals surface area contributed by atoms with Gasteiger partial charge in [-0.1, -0.05) is 6.07 Å². The number of benzene rings is 1. The van der Waals surface area contributed by atoms with Crippen LogP contribution in [0.2, 0.25) is 0 Å². The van der Waals surface area contributed by atoms with Crippen LogP contribution in [0.3, 0.4) is 0 Å². The van der Waals surface area contributed by atoms with Crippen LogP contribution in [-0.4, -0.2) is 42.7 Å². The quantitative estimate of drug-likeness (QED) is 0.833. The third-order valence-corrected chi connectivity index (χ3v) is 3.19. The molecule has 1 aliphatic heterocycles. The molecule has 0 saturated carbocycles. The summed E-state index contributed by atoms with van der Waals surface area (Å²) in [5, 5.41) is 12.2. The zero-order valence-corrected chi connectivity index (χ0v) is 10.0. The molecule has 0 aromatic heterocycles. The van der Waals surface area contributed by atoms with Crippen molar-refractivity contribution in [3.63, 3.8) is 0 Å².